The minimum absolute atomic E-state index is 0.130. The summed E-state index contributed by atoms with van der Waals surface area (Å²) in [6, 6.07) is 8.53. The molecule has 0 bridgehead atoms. The van der Waals surface area contributed by atoms with Crippen LogP contribution in [0.3, 0.4) is 0 Å². The number of amides is 1. The lowest BCUT2D eigenvalue weighted by Crippen LogP contribution is -2.40. The standard InChI is InChI=1S/C17H18FNOS/c1-2-15-14-8-10-21-16(14)7-9-19(15)17(20)11-12-3-5-13(18)6-4-12/h3-6,8,10,15H,2,7,9,11H2,1H3. The second-order valence-electron chi connectivity index (χ2n) is 5.36. The van der Waals surface area contributed by atoms with Crippen molar-refractivity contribution in [2.24, 2.45) is 0 Å². The number of benzene rings is 1. The molecule has 1 aromatic heterocycles. The summed E-state index contributed by atoms with van der Waals surface area (Å²) in [7, 11) is 0. The van der Waals surface area contributed by atoms with Crippen LogP contribution in [0.2, 0.25) is 0 Å². The fourth-order valence-electron chi connectivity index (χ4n) is 3.01. The highest BCUT2D eigenvalue weighted by Gasteiger charge is 2.30. The molecular weight excluding hydrogens is 285 g/mol. The minimum atomic E-state index is -0.265. The molecular formula is C17H18FNOS. The Morgan fingerprint density at radius 2 is 2.10 bits per heavy atom. The lowest BCUT2D eigenvalue weighted by Gasteiger charge is -2.35. The van der Waals surface area contributed by atoms with Crippen LogP contribution in [-0.4, -0.2) is 17.4 Å². The topological polar surface area (TPSA) is 20.3 Å². The van der Waals surface area contributed by atoms with Crippen LogP contribution in [0.15, 0.2) is 35.7 Å². The smallest absolute Gasteiger partial charge is 0.227 e. The molecule has 0 saturated carbocycles. The lowest BCUT2D eigenvalue weighted by atomic mass is 9.97. The van der Waals surface area contributed by atoms with E-state index in [0.717, 1.165) is 24.9 Å². The Bertz CT molecular complexity index is 634. The summed E-state index contributed by atoms with van der Waals surface area (Å²) in [5.74, 6) is -0.135. The lowest BCUT2D eigenvalue weighted by molar-refractivity contribution is -0.133. The van der Waals surface area contributed by atoms with Crippen LogP contribution in [0, 0.1) is 5.82 Å². The van der Waals surface area contributed by atoms with Crippen molar-refractivity contribution in [3.05, 3.63) is 57.5 Å². The van der Waals surface area contributed by atoms with Gasteiger partial charge >= 0.3 is 0 Å². The van der Waals surface area contributed by atoms with Gasteiger partial charge in [-0.25, -0.2) is 4.39 Å². The van der Waals surface area contributed by atoms with Crippen molar-refractivity contribution in [2.75, 3.05) is 6.54 Å². The molecule has 2 heterocycles. The van der Waals surface area contributed by atoms with Crippen molar-refractivity contribution >= 4 is 17.2 Å². The van der Waals surface area contributed by atoms with Crippen molar-refractivity contribution < 1.29 is 9.18 Å². The summed E-state index contributed by atoms with van der Waals surface area (Å²) in [5.41, 5.74) is 2.17. The molecule has 4 heteroatoms. The van der Waals surface area contributed by atoms with Crippen molar-refractivity contribution in [2.45, 2.75) is 32.2 Å². The van der Waals surface area contributed by atoms with Gasteiger partial charge in [0.05, 0.1) is 12.5 Å². The van der Waals surface area contributed by atoms with Crippen molar-refractivity contribution in [3.63, 3.8) is 0 Å². The van der Waals surface area contributed by atoms with E-state index in [0.29, 0.717) is 6.42 Å². The maximum absolute atomic E-state index is 12.9. The van der Waals surface area contributed by atoms with Gasteiger partial charge in [0, 0.05) is 11.4 Å². The number of carbonyl (C=O) groups excluding carboxylic acids is 1. The van der Waals surface area contributed by atoms with E-state index in [1.165, 1.54) is 22.6 Å². The number of carbonyl (C=O) groups is 1. The third-order valence-corrected chi connectivity index (χ3v) is 5.07. The van der Waals surface area contributed by atoms with Crippen LogP contribution in [0.5, 0.6) is 0 Å². The molecule has 110 valence electrons. The monoisotopic (exact) mass is 303 g/mol. The van der Waals surface area contributed by atoms with Crippen LogP contribution in [0.1, 0.15) is 35.4 Å². The van der Waals surface area contributed by atoms with Gasteiger partial charge in [0.25, 0.3) is 0 Å². The van der Waals surface area contributed by atoms with Crippen LogP contribution < -0.4 is 0 Å². The minimum Gasteiger partial charge on any atom is -0.335 e. The van der Waals surface area contributed by atoms with E-state index in [1.807, 2.05) is 4.90 Å². The summed E-state index contributed by atoms with van der Waals surface area (Å²) in [6.45, 7) is 2.90. The van der Waals surface area contributed by atoms with E-state index in [1.54, 1.807) is 23.5 Å². The maximum atomic E-state index is 12.9. The largest absolute Gasteiger partial charge is 0.335 e. The van der Waals surface area contributed by atoms with E-state index in [4.69, 9.17) is 0 Å². The van der Waals surface area contributed by atoms with Crippen LogP contribution in [-0.2, 0) is 17.6 Å². The maximum Gasteiger partial charge on any atom is 0.227 e. The predicted molar refractivity (Wildman–Crippen MR) is 82.9 cm³/mol. The average Bonchev–Trinajstić information content (AvgIpc) is 2.97. The first-order valence-corrected chi connectivity index (χ1v) is 8.17. The fourth-order valence-corrected chi connectivity index (χ4v) is 3.94. The Balaban J connectivity index is 1.77. The molecule has 1 aromatic carbocycles. The van der Waals surface area contributed by atoms with Gasteiger partial charge in [0.2, 0.25) is 5.91 Å². The van der Waals surface area contributed by atoms with Gasteiger partial charge in [-0.15, -0.1) is 11.3 Å². The van der Waals surface area contributed by atoms with Gasteiger partial charge in [-0.05, 0) is 47.5 Å². The van der Waals surface area contributed by atoms with E-state index in [-0.39, 0.29) is 17.8 Å². The van der Waals surface area contributed by atoms with Gasteiger partial charge in [0.1, 0.15) is 5.82 Å². The third-order valence-electron chi connectivity index (χ3n) is 4.07. The molecule has 1 amide bonds. The number of rotatable bonds is 3. The Kier molecular flexibility index (Phi) is 4.06. The van der Waals surface area contributed by atoms with Gasteiger partial charge in [0.15, 0.2) is 0 Å². The first-order valence-electron chi connectivity index (χ1n) is 7.29. The summed E-state index contributed by atoms with van der Waals surface area (Å²) in [5, 5.41) is 2.11. The second kappa shape index (κ2) is 5.98. The molecule has 2 nitrogen and oxygen atoms in total. The summed E-state index contributed by atoms with van der Waals surface area (Å²) in [4.78, 5) is 16.0. The first kappa shape index (κ1) is 14.3. The molecule has 1 unspecified atom stereocenters. The zero-order chi connectivity index (χ0) is 14.8. The molecule has 0 saturated heterocycles. The Hall–Kier alpha value is -1.68. The summed E-state index contributed by atoms with van der Waals surface area (Å²) < 4.78 is 12.9. The number of hydrogen-bond donors (Lipinski definition) is 0. The molecule has 1 aliphatic rings. The molecule has 0 spiro atoms. The Morgan fingerprint density at radius 1 is 1.33 bits per heavy atom. The highest BCUT2D eigenvalue weighted by molar-refractivity contribution is 7.10. The van der Waals surface area contributed by atoms with Crippen LogP contribution in [0.25, 0.3) is 0 Å². The predicted octanol–water partition coefficient (Wildman–Crippen LogP) is 3.97. The summed E-state index contributed by atoms with van der Waals surface area (Å²) >= 11 is 1.78. The zero-order valence-electron chi connectivity index (χ0n) is 12.0. The molecule has 0 fully saturated rings. The quantitative estimate of drug-likeness (QED) is 0.840. The second-order valence-corrected chi connectivity index (χ2v) is 6.36. The van der Waals surface area contributed by atoms with Crippen LogP contribution in [0.4, 0.5) is 4.39 Å². The molecule has 0 radical (unpaired) electrons. The zero-order valence-corrected chi connectivity index (χ0v) is 12.8. The van der Waals surface area contributed by atoms with E-state index in [9.17, 15) is 9.18 Å². The number of halogens is 1. The molecule has 2 aromatic rings. The van der Waals surface area contributed by atoms with E-state index < -0.39 is 0 Å². The van der Waals surface area contributed by atoms with Gasteiger partial charge < -0.3 is 4.90 Å². The van der Waals surface area contributed by atoms with Gasteiger partial charge in [-0.3, -0.25) is 4.79 Å². The third kappa shape index (κ3) is 2.86. The Labute approximate surface area is 128 Å². The highest BCUT2D eigenvalue weighted by Crippen LogP contribution is 2.35. The molecule has 21 heavy (non-hydrogen) atoms. The van der Waals surface area contributed by atoms with Crippen molar-refractivity contribution in [3.8, 4) is 0 Å². The molecule has 1 atom stereocenters. The van der Waals surface area contributed by atoms with E-state index >= 15 is 0 Å². The van der Waals surface area contributed by atoms with Crippen molar-refractivity contribution in [1.29, 1.82) is 0 Å². The number of thiophene rings is 1. The summed E-state index contributed by atoms with van der Waals surface area (Å²) in [6.07, 6.45) is 2.22. The normalized spacial score (nSPS) is 17.6. The number of hydrogen-bond acceptors (Lipinski definition) is 2. The molecule has 0 N–H and O–H groups in total. The van der Waals surface area contributed by atoms with Crippen molar-refractivity contribution in [1.82, 2.24) is 4.90 Å². The molecule has 1 aliphatic heterocycles. The van der Waals surface area contributed by atoms with E-state index in [2.05, 4.69) is 18.4 Å². The number of fused-ring (bicyclic) bond motifs is 1. The Morgan fingerprint density at radius 3 is 2.81 bits per heavy atom. The average molecular weight is 303 g/mol. The molecule has 3 rings (SSSR count). The SMILES string of the molecule is CCC1c2ccsc2CCN1C(=O)Cc1ccc(F)cc1. The first-order chi connectivity index (χ1) is 10.2. The molecule has 0 aliphatic carbocycles. The fraction of sp³-hybridized carbons (Fsp3) is 0.353. The van der Waals surface area contributed by atoms with Gasteiger partial charge in [-0.2, -0.15) is 0 Å². The highest BCUT2D eigenvalue weighted by atomic mass is 32.1. The van der Waals surface area contributed by atoms with Crippen LogP contribution >= 0.6 is 11.3 Å². The number of nitrogens with zero attached hydrogens (tertiary/aromatic N) is 1. The van der Waals surface area contributed by atoms with Gasteiger partial charge in [-0.1, -0.05) is 19.1 Å².